The van der Waals surface area contributed by atoms with Crippen molar-refractivity contribution >= 4 is 11.8 Å². The highest BCUT2D eigenvalue weighted by atomic mass is 15.4. The maximum absolute atomic E-state index is 9.58. The summed E-state index contributed by atoms with van der Waals surface area (Å²) in [5.41, 5.74) is 9.76. The van der Waals surface area contributed by atoms with Gasteiger partial charge in [0.2, 0.25) is 0 Å². The van der Waals surface area contributed by atoms with Gasteiger partial charge in [-0.2, -0.15) is 10.4 Å². The Bertz CT molecular complexity index is 974. The van der Waals surface area contributed by atoms with Gasteiger partial charge in [0, 0.05) is 31.1 Å². The van der Waals surface area contributed by atoms with Crippen LogP contribution in [-0.2, 0) is 6.42 Å². The summed E-state index contributed by atoms with van der Waals surface area (Å²) in [5, 5.41) is 17.7. The molecule has 1 aromatic heterocycles. The molecule has 0 spiro atoms. The van der Waals surface area contributed by atoms with Gasteiger partial charge in [0.15, 0.2) is 5.96 Å². The minimum absolute atomic E-state index is 0.0596. The first kappa shape index (κ1) is 21.7. The zero-order chi connectivity index (χ0) is 22.1. The Morgan fingerprint density at radius 1 is 1.27 bits per heavy atom. The number of aromatic nitrogens is 2. The molecule has 7 heteroatoms. The van der Waals surface area contributed by atoms with E-state index in [1.807, 2.05) is 38.2 Å². The fourth-order valence-electron chi connectivity index (χ4n) is 3.81. The van der Waals surface area contributed by atoms with Gasteiger partial charge in [-0.15, -0.1) is 0 Å². The molecule has 1 aliphatic heterocycles. The third kappa shape index (κ3) is 3.74. The van der Waals surface area contributed by atoms with Gasteiger partial charge >= 0.3 is 0 Å². The highest BCUT2D eigenvalue weighted by Crippen LogP contribution is 2.46. The SMILES string of the molecule is CN=C(NCCCc1nn(-c2ccc(C)cc2)c(N)c1C#N)N1CC(C)(C)C1(C)C. The van der Waals surface area contributed by atoms with Gasteiger partial charge in [0.05, 0.1) is 11.4 Å². The number of aliphatic imine (C=N–C) groups is 1. The number of benzene rings is 1. The third-order valence-corrected chi connectivity index (χ3v) is 6.61. The minimum atomic E-state index is 0.0596. The lowest BCUT2D eigenvalue weighted by Crippen LogP contribution is -2.72. The Morgan fingerprint density at radius 2 is 1.93 bits per heavy atom. The number of nitrogens with one attached hydrogen (secondary N) is 1. The lowest BCUT2D eigenvalue weighted by Gasteiger charge is -2.62. The lowest BCUT2D eigenvalue weighted by molar-refractivity contribution is -0.0667. The molecule has 1 aromatic carbocycles. The van der Waals surface area contributed by atoms with E-state index in [4.69, 9.17) is 5.73 Å². The topological polar surface area (TPSA) is 95.3 Å². The molecule has 0 amide bonds. The monoisotopic (exact) mass is 407 g/mol. The van der Waals surface area contributed by atoms with E-state index in [0.717, 1.165) is 36.9 Å². The first-order valence-corrected chi connectivity index (χ1v) is 10.4. The molecule has 0 atom stereocenters. The number of rotatable bonds is 5. The van der Waals surface area contributed by atoms with E-state index in [0.29, 0.717) is 17.8 Å². The molecule has 1 fully saturated rings. The second kappa shape index (κ2) is 8.02. The van der Waals surface area contributed by atoms with Crippen molar-refractivity contribution in [2.45, 2.75) is 53.0 Å². The van der Waals surface area contributed by atoms with E-state index in [1.54, 1.807) is 4.68 Å². The molecule has 7 nitrogen and oxygen atoms in total. The van der Waals surface area contributed by atoms with Gasteiger partial charge < -0.3 is 16.0 Å². The zero-order valence-corrected chi connectivity index (χ0v) is 19.0. The predicted octanol–water partition coefficient (Wildman–Crippen LogP) is 3.26. The maximum Gasteiger partial charge on any atom is 0.194 e. The Balaban J connectivity index is 1.63. The number of nitrogens with zero attached hydrogens (tertiary/aromatic N) is 5. The van der Waals surface area contributed by atoms with Gasteiger partial charge in [0.25, 0.3) is 0 Å². The molecule has 3 N–H and O–H groups in total. The van der Waals surface area contributed by atoms with Crippen LogP contribution in [0, 0.1) is 23.7 Å². The number of aryl methyl sites for hydroxylation is 2. The fourth-order valence-corrected chi connectivity index (χ4v) is 3.81. The summed E-state index contributed by atoms with van der Waals surface area (Å²) >= 11 is 0. The Labute approximate surface area is 179 Å². The van der Waals surface area contributed by atoms with Gasteiger partial charge in [0.1, 0.15) is 17.5 Å². The van der Waals surface area contributed by atoms with E-state index in [-0.39, 0.29) is 11.0 Å². The number of hydrogen-bond acceptors (Lipinski definition) is 4. The summed E-state index contributed by atoms with van der Waals surface area (Å²) in [6, 6.07) is 10.2. The van der Waals surface area contributed by atoms with Crippen LogP contribution in [0.25, 0.3) is 5.69 Å². The average molecular weight is 408 g/mol. The molecule has 2 aromatic rings. The van der Waals surface area contributed by atoms with Crippen molar-refractivity contribution in [3.05, 3.63) is 41.1 Å². The Morgan fingerprint density at radius 3 is 2.47 bits per heavy atom. The van der Waals surface area contributed by atoms with Crippen molar-refractivity contribution in [1.82, 2.24) is 20.0 Å². The Kier molecular flexibility index (Phi) is 5.80. The molecular formula is C23H33N7. The van der Waals surface area contributed by atoms with Gasteiger partial charge in [-0.1, -0.05) is 31.5 Å². The van der Waals surface area contributed by atoms with Crippen LogP contribution in [0.3, 0.4) is 0 Å². The van der Waals surface area contributed by atoms with Crippen molar-refractivity contribution in [1.29, 1.82) is 5.26 Å². The number of nitriles is 1. The van der Waals surface area contributed by atoms with Crippen LogP contribution in [0.15, 0.2) is 29.3 Å². The summed E-state index contributed by atoms with van der Waals surface area (Å²) in [6.07, 6.45) is 1.50. The molecule has 0 aliphatic carbocycles. The normalized spacial score (nSPS) is 17.4. The molecule has 2 heterocycles. The maximum atomic E-state index is 9.58. The molecule has 30 heavy (non-hydrogen) atoms. The van der Waals surface area contributed by atoms with Crippen LogP contribution >= 0.6 is 0 Å². The van der Waals surface area contributed by atoms with Crippen molar-refractivity contribution in [3.8, 4) is 11.8 Å². The van der Waals surface area contributed by atoms with Crippen LogP contribution in [0.5, 0.6) is 0 Å². The van der Waals surface area contributed by atoms with E-state index < -0.39 is 0 Å². The molecule has 1 saturated heterocycles. The third-order valence-electron chi connectivity index (χ3n) is 6.61. The number of likely N-dealkylation sites (tertiary alicyclic amines) is 1. The number of guanidine groups is 1. The number of hydrogen-bond donors (Lipinski definition) is 2. The minimum Gasteiger partial charge on any atom is -0.382 e. The van der Waals surface area contributed by atoms with E-state index in [1.165, 1.54) is 5.56 Å². The molecule has 0 bridgehead atoms. The van der Waals surface area contributed by atoms with Crippen LogP contribution in [0.4, 0.5) is 5.82 Å². The summed E-state index contributed by atoms with van der Waals surface area (Å²) in [4.78, 5) is 6.77. The van der Waals surface area contributed by atoms with Crippen molar-refractivity contribution in [3.63, 3.8) is 0 Å². The van der Waals surface area contributed by atoms with E-state index in [9.17, 15) is 5.26 Å². The van der Waals surface area contributed by atoms with Crippen LogP contribution in [-0.4, -0.2) is 46.3 Å². The summed E-state index contributed by atoms with van der Waals surface area (Å²) in [5.74, 6) is 1.31. The van der Waals surface area contributed by atoms with Gasteiger partial charge in [-0.3, -0.25) is 4.99 Å². The van der Waals surface area contributed by atoms with Crippen LogP contribution in [0.2, 0.25) is 0 Å². The van der Waals surface area contributed by atoms with Crippen molar-refractivity contribution in [2.75, 3.05) is 25.9 Å². The summed E-state index contributed by atoms with van der Waals surface area (Å²) < 4.78 is 1.66. The lowest BCUT2D eigenvalue weighted by atomic mass is 9.65. The molecule has 0 radical (unpaired) electrons. The molecule has 1 aliphatic rings. The second-order valence-electron chi connectivity index (χ2n) is 9.17. The van der Waals surface area contributed by atoms with Crippen molar-refractivity contribution in [2.24, 2.45) is 10.4 Å². The molecule has 3 rings (SSSR count). The molecule has 0 unspecified atom stereocenters. The van der Waals surface area contributed by atoms with E-state index in [2.05, 4.69) is 54.1 Å². The highest BCUT2D eigenvalue weighted by Gasteiger charge is 2.53. The smallest absolute Gasteiger partial charge is 0.194 e. The van der Waals surface area contributed by atoms with Crippen LogP contribution in [0.1, 0.15) is 50.9 Å². The Hall–Kier alpha value is -3.01. The first-order chi connectivity index (χ1) is 14.1. The number of nitrogen functional groups attached to an aromatic ring is 1. The van der Waals surface area contributed by atoms with Gasteiger partial charge in [-0.05, 0) is 45.7 Å². The number of anilines is 1. The summed E-state index contributed by atoms with van der Waals surface area (Å²) in [7, 11) is 1.82. The van der Waals surface area contributed by atoms with Gasteiger partial charge in [-0.25, -0.2) is 4.68 Å². The predicted molar refractivity (Wildman–Crippen MR) is 122 cm³/mol. The fraction of sp³-hybridized carbons (Fsp3) is 0.522. The van der Waals surface area contributed by atoms with E-state index >= 15 is 0 Å². The largest absolute Gasteiger partial charge is 0.382 e. The quantitative estimate of drug-likeness (QED) is 0.451. The number of nitrogens with two attached hydrogens (primary N) is 1. The average Bonchev–Trinajstić information content (AvgIpc) is 3.02. The molecule has 0 saturated carbocycles. The second-order valence-corrected chi connectivity index (χ2v) is 9.17. The van der Waals surface area contributed by atoms with Crippen LogP contribution < -0.4 is 11.1 Å². The molecule has 160 valence electrons. The zero-order valence-electron chi connectivity index (χ0n) is 19.0. The first-order valence-electron chi connectivity index (χ1n) is 10.4. The van der Waals surface area contributed by atoms with Crippen molar-refractivity contribution < 1.29 is 0 Å². The standard InChI is InChI=1S/C23H33N7/c1-16-9-11-17(12-10-16)30-20(25)18(14-24)19(28-30)8-7-13-27-21(26-6)29-15-22(2,3)23(29,4)5/h9-12H,7-8,13,15,25H2,1-6H3,(H,26,27). The molecular weight excluding hydrogens is 374 g/mol. The summed E-state index contributed by atoms with van der Waals surface area (Å²) in [6.45, 7) is 12.8. The highest BCUT2D eigenvalue weighted by molar-refractivity contribution is 5.82.